The summed E-state index contributed by atoms with van der Waals surface area (Å²) in [6.45, 7) is 1.65. The Kier molecular flexibility index (Phi) is 5.75. The van der Waals surface area contributed by atoms with Crippen molar-refractivity contribution in [1.82, 2.24) is 10.0 Å². The topological polar surface area (TPSA) is 74.8 Å². The molecule has 1 saturated heterocycles. The van der Waals surface area contributed by atoms with Crippen LogP contribution in [0.3, 0.4) is 0 Å². The Morgan fingerprint density at radius 3 is 2.53 bits per heavy atom. The smallest absolute Gasteiger partial charge is 0.274 e. The van der Waals surface area contributed by atoms with Gasteiger partial charge in [-0.1, -0.05) is 36.7 Å². The second-order valence-corrected chi connectivity index (χ2v) is 9.22. The number of imide groups is 1. The highest BCUT2D eigenvalue weighted by atomic mass is 35.5. The number of halogens is 1. The Bertz CT molecular complexity index is 1010. The molecule has 3 amide bonds. The molecule has 2 fully saturated rings. The fraction of sp³-hybridized carbons (Fsp3) is 0.364. The molecule has 1 aliphatic carbocycles. The van der Waals surface area contributed by atoms with Gasteiger partial charge in [0.25, 0.3) is 17.7 Å². The average molecular weight is 445 g/mol. The third-order valence-corrected chi connectivity index (χ3v) is 7.07. The summed E-state index contributed by atoms with van der Waals surface area (Å²) >= 11 is 7.45. The largest absolute Gasteiger partial charge is 0.291 e. The first-order valence-corrected chi connectivity index (χ1v) is 11.1. The predicted molar refractivity (Wildman–Crippen MR) is 113 cm³/mol. The van der Waals surface area contributed by atoms with Crippen LogP contribution in [0.5, 0.6) is 0 Å². The number of amides is 3. The average Bonchev–Trinajstić information content (AvgIpc) is 3.34. The normalized spacial score (nSPS) is 23.4. The first-order chi connectivity index (χ1) is 14.4. The van der Waals surface area contributed by atoms with Gasteiger partial charge in [0, 0.05) is 0 Å². The number of benzene rings is 1. The fourth-order valence-corrected chi connectivity index (χ4v) is 5.14. The molecule has 0 radical (unpaired) electrons. The van der Waals surface area contributed by atoms with Crippen molar-refractivity contribution in [2.75, 3.05) is 6.54 Å². The van der Waals surface area contributed by atoms with E-state index in [2.05, 4.69) is 6.92 Å². The van der Waals surface area contributed by atoms with E-state index in [1.165, 1.54) is 17.4 Å². The molecule has 30 heavy (non-hydrogen) atoms. The zero-order valence-corrected chi connectivity index (χ0v) is 18.0. The van der Waals surface area contributed by atoms with Gasteiger partial charge in [0.1, 0.15) is 6.54 Å². The summed E-state index contributed by atoms with van der Waals surface area (Å²) < 4.78 is 0. The molecule has 156 valence electrons. The van der Waals surface area contributed by atoms with Crippen LogP contribution in [0, 0.1) is 17.8 Å². The Morgan fingerprint density at radius 2 is 1.83 bits per heavy atom. The van der Waals surface area contributed by atoms with E-state index < -0.39 is 36.1 Å². The van der Waals surface area contributed by atoms with E-state index in [4.69, 9.17) is 11.6 Å². The minimum Gasteiger partial charge on any atom is -0.291 e. The number of thiophene rings is 1. The summed E-state index contributed by atoms with van der Waals surface area (Å²) in [4.78, 5) is 53.0. The molecule has 2 heterocycles. The molecular formula is C22H21ClN2O4S. The van der Waals surface area contributed by atoms with E-state index in [1.54, 1.807) is 35.7 Å². The van der Waals surface area contributed by atoms with Gasteiger partial charge < -0.3 is 0 Å². The van der Waals surface area contributed by atoms with Crippen molar-refractivity contribution in [2.45, 2.75) is 26.2 Å². The molecule has 8 heteroatoms. The lowest BCUT2D eigenvalue weighted by Gasteiger charge is -2.30. The molecule has 2 aromatic rings. The van der Waals surface area contributed by atoms with Gasteiger partial charge in [-0.2, -0.15) is 5.01 Å². The van der Waals surface area contributed by atoms with Crippen molar-refractivity contribution < 1.29 is 19.2 Å². The van der Waals surface area contributed by atoms with Crippen molar-refractivity contribution in [1.29, 1.82) is 0 Å². The monoisotopic (exact) mass is 444 g/mol. The number of carbonyl (C=O) groups is 4. The summed E-state index contributed by atoms with van der Waals surface area (Å²) in [7, 11) is 0. The lowest BCUT2D eigenvalue weighted by Crippen LogP contribution is -2.52. The van der Waals surface area contributed by atoms with Crippen molar-refractivity contribution in [3.8, 4) is 0 Å². The first kappa shape index (κ1) is 20.8. The Labute approximate surface area is 183 Å². The number of hydrazine groups is 1. The summed E-state index contributed by atoms with van der Waals surface area (Å²) in [5, 5.41) is 3.85. The van der Waals surface area contributed by atoms with Crippen molar-refractivity contribution in [3.05, 3.63) is 57.2 Å². The van der Waals surface area contributed by atoms with Crippen molar-refractivity contribution >= 4 is 46.4 Å². The molecule has 0 N–H and O–H groups in total. The number of hydrogen-bond acceptors (Lipinski definition) is 5. The van der Waals surface area contributed by atoms with Crippen LogP contribution >= 0.6 is 22.9 Å². The van der Waals surface area contributed by atoms with Crippen LogP contribution in [0.4, 0.5) is 0 Å². The quantitative estimate of drug-likeness (QED) is 0.514. The predicted octanol–water partition coefficient (Wildman–Crippen LogP) is 4.06. The van der Waals surface area contributed by atoms with Crippen LogP contribution in [0.15, 0.2) is 41.8 Å². The maximum absolute atomic E-state index is 13.4. The molecule has 1 saturated carbocycles. The molecule has 4 rings (SSSR count). The van der Waals surface area contributed by atoms with Crippen LogP contribution in [0.1, 0.15) is 46.2 Å². The molecule has 1 aromatic carbocycles. The number of nitrogens with zero attached hydrogens (tertiary/aromatic N) is 2. The molecule has 1 aliphatic heterocycles. The highest BCUT2D eigenvalue weighted by Gasteiger charge is 2.52. The molecule has 2 aliphatic rings. The number of Topliss-reactive ketones (excluding diaryl/α,β-unsaturated/α-hetero) is 1. The van der Waals surface area contributed by atoms with Crippen LogP contribution < -0.4 is 0 Å². The maximum atomic E-state index is 13.4. The van der Waals surface area contributed by atoms with Gasteiger partial charge in [0.2, 0.25) is 0 Å². The zero-order valence-electron chi connectivity index (χ0n) is 16.4. The molecule has 1 aromatic heterocycles. The number of hydrogen-bond donors (Lipinski definition) is 0. The highest BCUT2D eigenvalue weighted by molar-refractivity contribution is 7.12. The van der Waals surface area contributed by atoms with Crippen LogP contribution in [0.25, 0.3) is 0 Å². The Balaban J connectivity index is 1.70. The molecule has 6 nitrogen and oxygen atoms in total. The number of rotatable bonds is 5. The SMILES string of the molecule is C[C@@H]1CC[C@H]2C(=O)N(N(CC(=O)c3cccs3)C(=O)c3ccccc3Cl)C(=O)[C@@H]2C1. The van der Waals surface area contributed by atoms with Gasteiger partial charge in [0.15, 0.2) is 5.78 Å². The highest BCUT2D eigenvalue weighted by Crippen LogP contribution is 2.41. The minimum absolute atomic E-state index is 0.141. The number of carbonyl (C=O) groups excluding carboxylic acids is 4. The standard InChI is InChI=1S/C22H21ClN2O4S/c1-13-8-9-14-16(11-13)22(29)25(21(14)28)24(12-18(26)19-7-4-10-30-19)20(27)15-5-2-3-6-17(15)23/h2-7,10,13-14,16H,8-9,11-12H2,1H3/t13-,14-,16-/m1/s1. The lowest BCUT2D eigenvalue weighted by atomic mass is 9.76. The summed E-state index contributed by atoms with van der Waals surface area (Å²) in [5.74, 6) is -2.34. The lowest BCUT2D eigenvalue weighted by molar-refractivity contribution is -0.154. The number of ketones is 1. The van der Waals surface area contributed by atoms with E-state index >= 15 is 0 Å². The Morgan fingerprint density at radius 1 is 1.10 bits per heavy atom. The Hall–Kier alpha value is -2.51. The van der Waals surface area contributed by atoms with Gasteiger partial charge in [-0.05, 0) is 48.8 Å². The van der Waals surface area contributed by atoms with Gasteiger partial charge in [0.05, 0.1) is 27.3 Å². The van der Waals surface area contributed by atoms with Crippen LogP contribution in [-0.2, 0) is 9.59 Å². The van der Waals surface area contributed by atoms with E-state index in [0.29, 0.717) is 23.6 Å². The van der Waals surface area contributed by atoms with Crippen molar-refractivity contribution in [2.24, 2.45) is 17.8 Å². The molecule has 0 bridgehead atoms. The molecule has 0 spiro atoms. The summed E-state index contributed by atoms with van der Waals surface area (Å²) in [6, 6.07) is 9.80. The summed E-state index contributed by atoms with van der Waals surface area (Å²) in [5.41, 5.74) is 0.141. The number of fused-ring (bicyclic) bond motifs is 1. The second-order valence-electron chi connectivity index (χ2n) is 7.86. The van der Waals surface area contributed by atoms with Gasteiger partial charge in [-0.25, -0.2) is 5.01 Å². The van der Waals surface area contributed by atoms with Crippen molar-refractivity contribution in [3.63, 3.8) is 0 Å². The van der Waals surface area contributed by atoms with Gasteiger partial charge in [-0.15, -0.1) is 11.3 Å². The third kappa shape index (κ3) is 3.68. The summed E-state index contributed by atoms with van der Waals surface area (Å²) in [6.07, 6.45) is 2.08. The van der Waals surface area contributed by atoms with Gasteiger partial charge >= 0.3 is 0 Å². The van der Waals surface area contributed by atoms with Crippen LogP contribution in [0.2, 0.25) is 5.02 Å². The van der Waals surface area contributed by atoms with E-state index in [0.717, 1.165) is 16.4 Å². The second kappa shape index (κ2) is 8.32. The fourth-order valence-electron chi connectivity index (χ4n) is 4.27. The maximum Gasteiger partial charge on any atom is 0.274 e. The molecule has 3 atom stereocenters. The van der Waals surface area contributed by atoms with E-state index in [1.807, 2.05) is 0 Å². The van der Waals surface area contributed by atoms with E-state index in [9.17, 15) is 19.2 Å². The van der Waals surface area contributed by atoms with Gasteiger partial charge in [-0.3, -0.25) is 19.2 Å². The first-order valence-electron chi connectivity index (χ1n) is 9.89. The zero-order chi connectivity index (χ0) is 21.4. The van der Waals surface area contributed by atoms with E-state index in [-0.39, 0.29) is 16.4 Å². The van der Waals surface area contributed by atoms with Crippen LogP contribution in [-0.4, -0.2) is 40.1 Å². The minimum atomic E-state index is -0.640. The third-order valence-electron chi connectivity index (χ3n) is 5.83. The molecular weight excluding hydrogens is 424 g/mol. The molecule has 0 unspecified atom stereocenters.